The van der Waals surface area contributed by atoms with E-state index in [9.17, 15) is 9.90 Å². The Kier molecular flexibility index (Phi) is 12.2. The first-order chi connectivity index (χ1) is 19.4. The molecule has 0 aromatic heterocycles. The average molecular weight is 575 g/mol. The van der Waals surface area contributed by atoms with Crippen molar-refractivity contribution in [3.8, 4) is 11.5 Å². The second-order valence-electron chi connectivity index (χ2n) is 10.2. The molecule has 0 bridgehead atoms. The summed E-state index contributed by atoms with van der Waals surface area (Å²) in [6.07, 6.45) is 0.327. The zero-order valence-electron chi connectivity index (χ0n) is 23.7. The molecule has 0 saturated heterocycles. The van der Waals surface area contributed by atoms with Crippen LogP contribution in [0.25, 0.3) is 0 Å². The van der Waals surface area contributed by atoms with Gasteiger partial charge in [-0.1, -0.05) is 96.1 Å². The fourth-order valence-corrected chi connectivity index (χ4v) is 4.62. The maximum absolute atomic E-state index is 11.4. The van der Waals surface area contributed by atoms with Crippen LogP contribution in [0.3, 0.4) is 0 Å². The quantitative estimate of drug-likeness (QED) is 0.175. The van der Waals surface area contributed by atoms with Crippen LogP contribution in [-0.4, -0.2) is 28.6 Å². The average Bonchev–Trinajstić information content (AvgIpc) is 2.95. The summed E-state index contributed by atoms with van der Waals surface area (Å²) < 4.78 is 12.5. The standard InChI is InChI=1S/C34H38N2O4.ClH/c1-25-9-7-11-27(19-25)23-39-32-15-5-3-13-29(32)21-36(18-17-31(35)34(37)38)22-30-14-4-6-16-33(30)40-24-28-12-8-10-26(2)20-28;/h3-16,19-20,31H,17-18,21-24,35H2,1-2H3,(H,37,38);1H. The summed E-state index contributed by atoms with van der Waals surface area (Å²) in [6, 6.07) is 31.6. The Hall–Kier alpha value is -3.84. The molecule has 0 aliphatic rings. The zero-order chi connectivity index (χ0) is 28.3. The summed E-state index contributed by atoms with van der Waals surface area (Å²) in [4.78, 5) is 13.6. The molecule has 0 amide bonds. The van der Waals surface area contributed by atoms with Crippen molar-refractivity contribution in [1.82, 2.24) is 4.90 Å². The number of hydrogen-bond acceptors (Lipinski definition) is 5. The molecule has 0 saturated carbocycles. The van der Waals surface area contributed by atoms with Gasteiger partial charge in [-0.3, -0.25) is 9.69 Å². The number of carbonyl (C=O) groups is 1. The normalized spacial score (nSPS) is 11.5. The molecule has 1 unspecified atom stereocenters. The van der Waals surface area contributed by atoms with Gasteiger partial charge in [-0.2, -0.15) is 0 Å². The van der Waals surface area contributed by atoms with Crippen molar-refractivity contribution in [3.05, 3.63) is 130 Å². The molecule has 0 heterocycles. The van der Waals surface area contributed by atoms with Crippen LogP contribution in [-0.2, 0) is 31.1 Å². The second kappa shape index (κ2) is 15.8. The van der Waals surface area contributed by atoms with Crippen LogP contribution in [0.1, 0.15) is 39.8 Å². The van der Waals surface area contributed by atoms with E-state index in [-0.39, 0.29) is 12.4 Å². The molecule has 4 aromatic carbocycles. The van der Waals surface area contributed by atoms with E-state index < -0.39 is 12.0 Å². The Balaban J connectivity index is 0.00000462. The Morgan fingerprint density at radius 3 is 1.66 bits per heavy atom. The van der Waals surface area contributed by atoms with Crippen LogP contribution < -0.4 is 15.2 Å². The van der Waals surface area contributed by atoms with Gasteiger partial charge in [0, 0.05) is 30.8 Å². The number of hydrogen-bond donors (Lipinski definition) is 2. The van der Waals surface area contributed by atoms with Crippen LogP contribution in [0.4, 0.5) is 0 Å². The van der Waals surface area contributed by atoms with Gasteiger partial charge in [-0.15, -0.1) is 12.4 Å². The van der Waals surface area contributed by atoms with Crippen LogP contribution in [0.15, 0.2) is 97.1 Å². The highest BCUT2D eigenvalue weighted by molar-refractivity contribution is 5.85. The van der Waals surface area contributed by atoms with E-state index in [1.165, 1.54) is 11.1 Å². The van der Waals surface area contributed by atoms with E-state index in [4.69, 9.17) is 15.2 Å². The number of halogens is 1. The fraction of sp³-hybridized carbons (Fsp3) is 0.265. The fourth-order valence-electron chi connectivity index (χ4n) is 4.62. The lowest BCUT2D eigenvalue weighted by Crippen LogP contribution is -2.35. The summed E-state index contributed by atoms with van der Waals surface area (Å²) in [5.41, 5.74) is 12.5. The van der Waals surface area contributed by atoms with E-state index >= 15 is 0 Å². The molecular formula is C34H39ClN2O4. The Morgan fingerprint density at radius 2 is 1.22 bits per heavy atom. The number of carboxylic acid groups (broad SMARTS) is 1. The van der Waals surface area contributed by atoms with E-state index in [0.29, 0.717) is 39.3 Å². The van der Waals surface area contributed by atoms with E-state index in [2.05, 4.69) is 67.3 Å². The molecule has 4 rings (SSSR count). The highest BCUT2D eigenvalue weighted by atomic mass is 35.5. The van der Waals surface area contributed by atoms with Gasteiger partial charge in [0.1, 0.15) is 30.8 Å². The number of benzene rings is 4. The van der Waals surface area contributed by atoms with Gasteiger partial charge in [-0.05, 0) is 43.5 Å². The van der Waals surface area contributed by atoms with Gasteiger partial charge in [0.15, 0.2) is 0 Å². The molecule has 3 N–H and O–H groups in total. The van der Waals surface area contributed by atoms with Gasteiger partial charge in [-0.25, -0.2) is 0 Å². The Bertz CT molecular complexity index is 1320. The third-order valence-corrected chi connectivity index (χ3v) is 6.76. The molecule has 6 nitrogen and oxygen atoms in total. The molecule has 7 heteroatoms. The second-order valence-corrected chi connectivity index (χ2v) is 10.2. The van der Waals surface area contributed by atoms with Crippen molar-refractivity contribution >= 4 is 18.4 Å². The van der Waals surface area contributed by atoms with Crippen molar-refractivity contribution in [2.75, 3.05) is 6.54 Å². The lowest BCUT2D eigenvalue weighted by Gasteiger charge is -2.25. The number of rotatable bonds is 14. The van der Waals surface area contributed by atoms with E-state index in [0.717, 1.165) is 33.8 Å². The van der Waals surface area contributed by atoms with Crippen molar-refractivity contribution in [1.29, 1.82) is 0 Å². The first-order valence-corrected chi connectivity index (χ1v) is 13.6. The smallest absolute Gasteiger partial charge is 0.320 e. The number of nitrogens with two attached hydrogens (primary N) is 1. The zero-order valence-corrected chi connectivity index (χ0v) is 24.5. The first kappa shape index (κ1) is 31.7. The van der Waals surface area contributed by atoms with Gasteiger partial charge in [0.25, 0.3) is 0 Å². The van der Waals surface area contributed by atoms with Gasteiger partial charge in [0.05, 0.1) is 0 Å². The highest BCUT2D eigenvalue weighted by Crippen LogP contribution is 2.26. The summed E-state index contributed by atoms with van der Waals surface area (Å²) in [7, 11) is 0. The van der Waals surface area contributed by atoms with Crippen LogP contribution in [0, 0.1) is 13.8 Å². The summed E-state index contributed by atoms with van der Waals surface area (Å²) in [6.45, 7) is 6.73. The molecule has 216 valence electrons. The largest absolute Gasteiger partial charge is 0.489 e. The number of ether oxygens (including phenoxy) is 2. The number of nitrogens with zero attached hydrogens (tertiary/aromatic N) is 1. The summed E-state index contributed by atoms with van der Waals surface area (Å²) >= 11 is 0. The number of aliphatic carboxylic acids is 1. The maximum atomic E-state index is 11.4. The third-order valence-electron chi connectivity index (χ3n) is 6.76. The molecule has 4 aromatic rings. The molecule has 0 spiro atoms. The molecule has 0 aliphatic heterocycles. The Labute approximate surface area is 249 Å². The molecule has 41 heavy (non-hydrogen) atoms. The van der Waals surface area contributed by atoms with Crippen molar-refractivity contribution in [3.63, 3.8) is 0 Å². The molecule has 0 fully saturated rings. The van der Waals surface area contributed by atoms with Crippen LogP contribution in [0.2, 0.25) is 0 Å². The van der Waals surface area contributed by atoms with Crippen molar-refractivity contribution in [2.45, 2.75) is 52.6 Å². The monoisotopic (exact) mass is 574 g/mol. The minimum atomic E-state index is -0.997. The molecule has 0 radical (unpaired) electrons. The SMILES string of the molecule is Cc1cccc(COc2ccccc2CN(CCC(N)C(=O)O)Cc2ccccc2OCc2cccc(C)c2)c1.Cl. The maximum Gasteiger partial charge on any atom is 0.320 e. The molecular weight excluding hydrogens is 536 g/mol. The minimum Gasteiger partial charge on any atom is -0.489 e. The summed E-state index contributed by atoms with van der Waals surface area (Å²) in [5.74, 6) is 0.616. The summed E-state index contributed by atoms with van der Waals surface area (Å²) in [5, 5.41) is 9.37. The van der Waals surface area contributed by atoms with E-state index in [1.54, 1.807) is 0 Å². The topological polar surface area (TPSA) is 85.0 Å². The lowest BCUT2D eigenvalue weighted by atomic mass is 10.1. The number of para-hydroxylation sites is 2. The number of aryl methyl sites for hydroxylation is 2. The van der Waals surface area contributed by atoms with Crippen molar-refractivity contribution in [2.24, 2.45) is 5.73 Å². The van der Waals surface area contributed by atoms with Gasteiger partial charge >= 0.3 is 5.97 Å². The highest BCUT2D eigenvalue weighted by Gasteiger charge is 2.18. The number of carboxylic acids is 1. The van der Waals surface area contributed by atoms with Crippen molar-refractivity contribution < 1.29 is 19.4 Å². The van der Waals surface area contributed by atoms with Gasteiger partial charge in [0.2, 0.25) is 0 Å². The predicted octanol–water partition coefficient (Wildman–Crippen LogP) is 6.69. The van der Waals surface area contributed by atoms with Crippen LogP contribution >= 0.6 is 12.4 Å². The molecule has 1 atom stereocenters. The van der Waals surface area contributed by atoms with Crippen LogP contribution in [0.5, 0.6) is 11.5 Å². The Morgan fingerprint density at radius 1 is 0.756 bits per heavy atom. The van der Waals surface area contributed by atoms with E-state index in [1.807, 2.05) is 48.5 Å². The van der Waals surface area contributed by atoms with Gasteiger partial charge < -0.3 is 20.3 Å². The minimum absolute atomic E-state index is 0. The third kappa shape index (κ3) is 9.94. The first-order valence-electron chi connectivity index (χ1n) is 13.6. The molecule has 0 aliphatic carbocycles. The predicted molar refractivity (Wildman–Crippen MR) is 165 cm³/mol. The lowest BCUT2D eigenvalue weighted by molar-refractivity contribution is -0.138.